The number of pyridine rings is 1. The van der Waals surface area contributed by atoms with Crippen LogP contribution >= 0.6 is 0 Å². The van der Waals surface area contributed by atoms with Crippen LogP contribution in [0.4, 0.5) is 10.5 Å². The van der Waals surface area contributed by atoms with Gasteiger partial charge in [0, 0.05) is 43.8 Å². The number of urea groups is 1. The first kappa shape index (κ1) is 23.0. The number of benzene rings is 1. The van der Waals surface area contributed by atoms with Gasteiger partial charge in [-0.1, -0.05) is 18.2 Å². The molecule has 0 unspecified atom stereocenters. The fraction of sp³-hybridized carbons (Fsp3) is 0.292. The molecule has 10 nitrogen and oxygen atoms in total. The number of carbonyl (C=O) groups excluding carboxylic acids is 3. The van der Waals surface area contributed by atoms with Crippen LogP contribution in [0.3, 0.4) is 0 Å². The second-order valence-electron chi connectivity index (χ2n) is 7.98. The maximum Gasteiger partial charge on any atom is 0.340 e. The van der Waals surface area contributed by atoms with Gasteiger partial charge in [0.05, 0.1) is 11.3 Å². The highest BCUT2D eigenvalue weighted by Gasteiger charge is 2.25. The van der Waals surface area contributed by atoms with Crippen LogP contribution in [0.25, 0.3) is 5.82 Å². The SMILES string of the molecule is Cc1cc(C)n(-c2ccc(C(=O)OCC(=O)N3CCN(C(=O)Nc4ccccc4)CC3)cn2)n1. The zero-order valence-corrected chi connectivity index (χ0v) is 19.1. The molecule has 4 rings (SSSR count). The third kappa shape index (κ3) is 5.40. The Hall–Kier alpha value is -4.21. The average molecular weight is 463 g/mol. The summed E-state index contributed by atoms with van der Waals surface area (Å²) in [6.45, 7) is 4.99. The Morgan fingerprint density at radius 2 is 1.68 bits per heavy atom. The minimum Gasteiger partial charge on any atom is -0.452 e. The van der Waals surface area contributed by atoms with Crippen LogP contribution in [0.1, 0.15) is 21.7 Å². The van der Waals surface area contributed by atoms with Gasteiger partial charge in [-0.3, -0.25) is 4.79 Å². The minimum atomic E-state index is -0.623. The topological polar surface area (TPSA) is 110 Å². The number of carbonyl (C=O) groups is 3. The number of para-hydroxylation sites is 1. The molecule has 1 aliphatic rings. The Balaban J connectivity index is 1.23. The molecule has 1 saturated heterocycles. The normalized spacial score (nSPS) is 13.5. The quantitative estimate of drug-likeness (QED) is 0.583. The highest BCUT2D eigenvalue weighted by molar-refractivity contribution is 5.91. The fourth-order valence-corrected chi connectivity index (χ4v) is 3.68. The molecule has 1 aliphatic heterocycles. The van der Waals surface area contributed by atoms with Crippen molar-refractivity contribution in [2.75, 3.05) is 38.1 Å². The zero-order valence-electron chi connectivity index (χ0n) is 19.1. The molecule has 2 aromatic heterocycles. The van der Waals surface area contributed by atoms with Crippen molar-refractivity contribution in [3.05, 3.63) is 71.7 Å². The minimum absolute atomic E-state index is 0.207. The van der Waals surface area contributed by atoms with Gasteiger partial charge >= 0.3 is 12.0 Å². The van der Waals surface area contributed by atoms with Crippen LogP contribution in [0.2, 0.25) is 0 Å². The molecule has 3 aromatic rings. The second kappa shape index (κ2) is 10.2. The molecule has 34 heavy (non-hydrogen) atoms. The number of nitrogens with zero attached hydrogens (tertiary/aromatic N) is 5. The summed E-state index contributed by atoms with van der Waals surface area (Å²) in [5.41, 5.74) is 2.78. The van der Waals surface area contributed by atoms with Gasteiger partial charge in [0.15, 0.2) is 12.4 Å². The zero-order chi connectivity index (χ0) is 24.1. The van der Waals surface area contributed by atoms with E-state index in [-0.39, 0.29) is 24.1 Å². The van der Waals surface area contributed by atoms with E-state index >= 15 is 0 Å². The maximum absolute atomic E-state index is 12.5. The van der Waals surface area contributed by atoms with E-state index < -0.39 is 5.97 Å². The van der Waals surface area contributed by atoms with Gasteiger partial charge < -0.3 is 19.9 Å². The van der Waals surface area contributed by atoms with E-state index in [4.69, 9.17) is 4.74 Å². The van der Waals surface area contributed by atoms with Crippen LogP contribution in [-0.2, 0) is 9.53 Å². The molecule has 1 N–H and O–H groups in total. The highest BCUT2D eigenvalue weighted by atomic mass is 16.5. The molecular weight excluding hydrogens is 436 g/mol. The van der Waals surface area contributed by atoms with E-state index in [0.717, 1.165) is 17.1 Å². The van der Waals surface area contributed by atoms with Crippen molar-refractivity contribution in [3.63, 3.8) is 0 Å². The molecule has 0 bridgehead atoms. The van der Waals surface area contributed by atoms with Gasteiger partial charge in [0.2, 0.25) is 0 Å². The average Bonchev–Trinajstić information content (AvgIpc) is 3.20. The molecule has 3 heterocycles. The number of rotatable bonds is 5. The van der Waals surface area contributed by atoms with Crippen molar-refractivity contribution in [2.45, 2.75) is 13.8 Å². The molecule has 0 spiro atoms. The lowest BCUT2D eigenvalue weighted by Crippen LogP contribution is -2.52. The summed E-state index contributed by atoms with van der Waals surface area (Å²) in [7, 11) is 0. The van der Waals surface area contributed by atoms with Gasteiger partial charge in [-0.2, -0.15) is 5.10 Å². The van der Waals surface area contributed by atoms with Crippen molar-refractivity contribution in [1.29, 1.82) is 0 Å². The lowest BCUT2D eigenvalue weighted by atomic mass is 10.3. The molecule has 0 aliphatic carbocycles. The van der Waals surface area contributed by atoms with Crippen LogP contribution < -0.4 is 5.32 Å². The molecule has 3 amide bonds. The van der Waals surface area contributed by atoms with Crippen molar-refractivity contribution < 1.29 is 19.1 Å². The Morgan fingerprint density at radius 3 is 2.29 bits per heavy atom. The Kier molecular flexibility index (Phi) is 6.86. The number of amides is 3. The van der Waals surface area contributed by atoms with Crippen molar-refractivity contribution in [2.24, 2.45) is 0 Å². The van der Waals surface area contributed by atoms with E-state index in [1.54, 1.807) is 26.6 Å². The van der Waals surface area contributed by atoms with Gasteiger partial charge in [-0.25, -0.2) is 19.3 Å². The van der Waals surface area contributed by atoms with Crippen LogP contribution in [0.5, 0.6) is 0 Å². The summed E-state index contributed by atoms with van der Waals surface area (Å²) >= 11 is 0. The lowest BCUT2D eigenvalue weighted by molar-refractivity contribution is -0.135. The predicted molar refractivity (Wildman–Crippen MR) is 125 cm³/mol. The largest absolute Gasteiger partial charge is 0.452 e. The van der Waals surface area contributed by atoms with Crippen molar-refractivity contribution in [3.8, 4) is 5.82 Å². The number of piperazine rings is 1. The summed E-state index contributed by atoms with van der Waals surface area (Å²) in [5, 5.41) is 7.20. The van der Waals surface area contributed by atoms with Gasteiger partial charge in [-0.15, -0.1) is 0 Å². The summed E-state index contributed by atoms with van der Waals surface area (Å²) in [6, 6.07) is 14.2. The third-order valence-corrected chi connectivity index (χ3v) is 5.48. The Morgan fingerprint density at radius 1 is 0.971 bits per heavy atom. The van der Waals surface area contributed by atoms with Crippen LogP contribution in [-0.4, -0.2) is 75.3 Å². The van der Waals surface area contributed by atoms with E-state index in [1.165, 1.54) is 6.20 Å². The maximum atomic E-state index is 12.5. The molecular formula is C24H26N6O4. The van der Waals surface area contributed by atoms with E-state index in [2.05, 4.69) is 15.4 Å². The van der Waals surface area contributed by atoms with E-state index in [1.807, 2.05) is 50.2 Å². The van der Waals surface area contributed by atoms with E-state index in [0.29, 0.717) is 32.0 Å². The lowest BCUT2D eigenvalue weighted by Gasteiger charge is -2.34. The number of ether oxygens (including phenoxy) is 1. The number of aryl methyl sites for hydroxylation is 2. The predicted octanol–water partition coefficient (Wildman–Crippen LogP) is 2.42. The first-order valence-electron chi connectivity index (χ1n) is 11.0. The first-order chi connectivity index (χ1) is 16.4. The second-order valence-corrected chi connectivity index (χ2v) is 7.98. The van der Waals surface area contributed by atoms with Crippen LogP contribution in [0.15, 0.2) is 54.7 Å². The smallest absolute Gasteiger partial charge is 0.340 e. The molecule has 1 fully saturated rings. The first-order valence-corrected chi connectivity index (χ1v) is 11.0. The summed E-state index contributed by atoms with van der Waals surface area (Å²) in [6.07, 6.45) is 1.41. The number of hydrogen-bond acceptors (Lipinski definition) is 6. The summed E-state index contributed by atoms with van der Waals surface area (Å²) in [4.78, 5) is 44.7. The highest BCUT2D eigenvalue weighted by Crippen LogP contribution is 2.12. The van der Waals surface area contributed by atoms with Gasteiger partial charge in [-0.05, 0) is 44.2 Å². The summed E-state index contributed by atoms with van der Waals surface area (Å²) in [5.74, 6) is -0.335. The third-order valence-electron chi connectivity index (χ3n) is 5.48. The fourth-order valence-electron chi connectivity index (χ4n) is 3.68. The number of anilines is 1. The number of esters is 1. The van der Waals surface area contributed by atoms with Crippen LogP contribution in [0, 0.1) is 13.8 Å². The Bertz CT molecular complexity index is 1170. The van der Waals surface area contributed by atoms with Gasteiger partial charge in [0.1, 0.15) is 0 Å². The molecule has 176 valence electrons. The summed E-state index contributed by atoms with van der Waals surface area (Å²) < 4.78 is 6.87. The molecule has 0 saturated carbocycles. The molecule has 0 atom stereocenters. The number of aromatic nitrogens is 3. The van der Waals surface area contributed by atoms with Crippen molar-refractivity contribution >= 4 is 23.6 Å². The molecule has 10 heteroatoms. The standard InChI is InChI=1S/C24H26N6O4/c1-17-14-18(2)30(27-17)21-9-8-19(15-25-21)23(32)34-16-22(31)28-10-12-29(13-11-28)24(33)26-20-6-4-3-5-7-20/h3-9,14-15H,10-13,16H2,1-2H3,(H,26,33). The van der Waals surface area contributed by atoms with Crippen molar-refractivity contribution in [1.82, 2.24) is 24.6 Å². The molecule has 1 aromatic carbocycles. The molecule has 0 radical (unpaired) electrons. The van der Waals surface area contributed by atoms with Gasteiger partial charge in [0.25, 0.3) is 5.91 Å². The number of hydrogen-bond donors (Lipinski definition) is 1. The Labute approximate surface area is 197 Å². The van der Waals surface area contributed by atoms with E-state index in [9.17, 15) is 14.4 Å². The monoisotopic (exact) mass is 462 g/mol. The number of nitrogens with one attached hydrogen (secondary N) is 1.